The van der Waals surface area contributed by atoms with E-state index in [-0.39, 0.29) is 0 Å². The van der Waals surface area contributed by atoms with E-state index in [4.69, 9.17) is 0 Å². The average molecular weight is 283 g/mol. The number of hydrogen-bond donors (Lipinski definition) is 1. The van der Waals surface area contributed by atoms with Crippen LogP contribution < -0.4 is 5.32 Å². The van der Waals surface area contributed by atoms with Crippen LogP contribution in [-0.4, -0.2) is 87.1 Å². The van der Waals surface area contributed by atoms with Crippen LogP contribution in [0.3, 0.4) is 0 Å². The molecule has 0 aliphatic carbocycles. The lowest BCUT2D eigenvalue weighted by Gasteiger charge is -2.37. The first-order valence-electron chi connectivity index (χ1n) is 7.92. The highest BCUT2D eigenvalue weighted by atomic mass is 15.3. The van der Waals surface area contributed by atoms with Crippen molar-refractivity contribution in [3.63, 3.8) is 0 Å². The molecule has 1 aliphatic heterocycles. The number of guanidine groups is 1. The Morgan fingerprint density at radius 3 is 2.50 bits per heavy atom. The van der Waals surface area contributed by atoms with Crippen LogP contribution in [0.5, 0.6) is 0 Å². The van der Waals surface area contributed by atoms with Crippen molar-refractivity contribution >= 4 is 5.96 Å². The summed E-state index contributed by atoms with van der Waals surface area (Å²) >= 11 is 0. The summed E-state index contributed by atoms with van der Waals surface area (Å²) < 4.78 is 0. The van der Waals surface area contributed by atoms with E-state index >= 15 is 0 Å². The van der Waals surface area contributed by atoms with Gasteiger partial charge in [-0.2, -0.15) is 0 Å². The minimum absolute atomic E-state index is 0.556. The first kappa shape index (κ1) is 17.2. The van der Waals surface area contributed by atoms with Crippen molar-refractivity contribution in [2.75, 3.05) is 60.4 Å². The molecule has 1 fully saturated rings. The minimum atomic E-state index is 0.556. The molecule has 5 nitrogen and oxygen atoms in total. The maximum absolute atomic E-state index is 4.37. The zero-order valence-corrected chi connectivity index (χ0v) is 14.0. The molecule has 1 heterocycles. The van der Waals surface area contributed by atoms with Crippen LogP contribution in [0, 0.1) is 0 Å². The van der Waals surface area contributed by atoms with Gasteiger partial charge in [0.25, 0.3) is 0 Å². The van der Waals surface area contributed by atoms with E-state index in [1.165, 1.54) is 39.0 Å². The zero-order valence-electron chi connectivity index (χ0n) is 14.0. The zero-order chi connectivity index (χ0) is 15.0. The summed E-state index contributed by atoms with van der Waals surface area (Å²) in [5, 5.41) is 3.51. The van der Waals surface area contributed by atoms with Crippen molar-refractivity contribution in [2.24, 2.45) is 4.99 Å². The summed E-state index contributed by atoms with van der Waals surface area (Å²) in [5.41, 5.74) is 0. The second kappa shape index (κ2) is 9.19. The van der Waals surface area contributed by atoms with Gasteiger partial charge in [-0.05, 0) is 20.4 Å². The summed E-state index contributed by atoms with van der Waals surface area (Å²) in [6, 6.07) is 0.556. The molecule has 0 aromatic rings. The maximum atomic E-state index is 4.37. The third-order valence-electron chi connectivity index (χ3n) is 4.14. The maximum Gasteiger partial charge on any atom is 0.193 e. The lowest BCUT2D eigenvalue weighted by molar-refractivity contribution is 0.119. The number of aliphatic imine (C=N–C) groups is 1. The topological polar surface area (TPSA) is 34.1 Å². The van der Waals surface area contributed by atoms with Gasteiger partial charge in [0, 0.05) is 59.4 Å². The second-order valence-corrected chi connectivity index (χ2v) is 5.89. The number of hydrogen-bond acceptors (Lipinski definition) is 3. The molecule has 118 valence electrons. The molecule has 1 aliphatic rings. The van der Waals surface area contributed by atoms with Crippen molar-refractivity contribution in [3.05, 3.63) is 0 Å². The summed E-state index contributed by atoms with van der Waals surface area (Å²) in [5.74, 6) is 1.01. The molecule has 1 rings (SSSR count). The Morgan fingerprint density at radius 1 is 1.30 bits per heavy atom. The quantitative estimate of drug-likeness (QED) is 0.581. The van der Waals surface area contributed by atoms with Crippen molar-refractivity contribution in [1.29, 1.82) is 0 Å². The third kappa shape index (κ3) is 5.67. The van der Waals surface area contributed by atoms with E-state index in [0.29, 0.717) is 6.04 Å². The van der Waals surface area contributed by atoms with Crippen molar-refractivity contribution in [2.45, 2.75) is 32.7 Å². The molecule has 0 saturated carbocycles. The summed E-state index contributed by atoms with van der Waals surface area (Å²) in [7, 11) is 6.18. The van der Waals surface area contributed by atoms with Gasteiger partial charge in [0.2, 0.25) is 0 Å². The van der Waals surface area contributed by atoms with Gasteiger partial charge in [0.05, 0.1) is 0 Å². The molecule has 0 bridgehead atoms. The Balaban J connectivity index is 2.32. The molecule has 0 aromatic carbocycles. The molecule has 0 amide bonds. The first-order valence-corrected chi connectivity index (χ1v) is 7.92. The van der Waals surface area contributed by atoms with Gasteiger partial charge >= 0.3 is 0 Å². The number of rotatable bonds is 6. The number of unbranched alkanes of at least 4 members (excludes halogenated alkanes) is 1. The normalized spacial score (nSPS) is 19.9. The van der Waals surface area contributed by atoms with Gasteiger partial charge in [-0.15, -0.1) is 0 Å². The molecule has 1 saturated heterocycles. The Labute approximate surface area is 125 Å². The van der Waals surface area contributed by atoms with E-state index in [9.17, 15) is 0 Å². The molecule has 1 unspecified atom stereocenters. The van der Waals surface area contributed by atoms with Crippen molar-refractivity contribution in [3.8, 4) is 0 Å². The van der Waals surface area contributed by atoms with Crippen LogP contribution >= 0.6 is 0 Å². The van der Waals surface area contributed by atoms with E-state index in [1.807, 2.05) is 7.05 Å². The Hall–Kier alpha value is -0.810. The summed E-state index contributed by atoms with van der Waals surface area (Å²) in [6.45, 7) is 11.3. The van der Waals surface area contributed by atoms with Crippen LogP contribution in [0.25, 0.3) is 0 Å². The highest BCUT2D eigenvalue weighted by Gasteiger charge is 2.19. The van der Waals surface area contributed by atoms with E-state index in [2.05, 4.69) is 53.0 Å². The summed E-state index contributed by atoms with van der Waals surface area (Å²) in [4.78, 5) is 11.6. The number of nitrogens with zero attached hydrogens (tertiary/aromatic N) is 4. The third-order valence-corrected chi connectivity index (χ3v) is 4.14. The highest BCUT2D eigenvalue weighted by molar-refractivity contribution is 5.79. The Bertz CT molecular complexity index is 284. The molecule has 5 heteroatoms. The summed E-state index contributed by atoms with van der Waals surface area (Å²) in [6.07, 6.45) is 2.43. The SMILES string of the molecule is CCCCN(C)C(=NC)NCC(C)N1CCN(C)CC1. The van der Waals surface area contributed by atoms with Gasteiger partial charge in [0.15, 0.2) is 5.96 Å². The fourth-order valence-corrected chi connectivity index (χ4v) is 2.52. The minimum Gasteiger partial charge on any atom is -0.355 e. The number of nitrogens with one attached hydrogen (secondary N) is 1. The average Bonchev–Trinajstić information content (AvgIpc) is 2.46. The van der Waals surface area contributed by atoms with Crippen LogP contribution in [0.4, 0.5) is 0 Å². The molecule has 1 atom stereocenters. The van der Waals surface area contributed by atoms with Crippen LogP contribution in [0.1, 0.15) is 26.7 Å². The molecular weight excluding hydrogens is 250 g/mol. The van der Waals surface area contributed by atoms with E-state index in [1.54, 1.807) is 0 Å². The van der Waals surface area contributed by atoms with Crippen LogP contribution in [0.2, 0.25) is 0 Å². The van der Waals surface area contributed by atoms with Crippen LogP contribution in [-0.2, 0) is 0 Å². The predicted molar refractivity (Wildman–Crippen MR) is 87.4 cm³/mol. The Morgan fingerprint density at radius 2 is 1.95 bits per heavy atom. The standard InChI is InChI=1S/C15H33N5/c1-6-7-8-19(5)15(16-3)17-13-14(2)20-11-9-18(4)10-12-20/h14H,6-13H2,1-5H3,(H,16,17). The lowest BCUT2D eigenvalue weighted by atomic mass is 10.2. The fraction of sp³-hybridized carbons (Fsp3) is 0.933. The molecule has 1 N–H and O–H groups in total. The first-order chi connectivity index (χ1) is 9.58. The number of likely N-dealkylation sites (N-methyl/N-ethyl adjacent to an activating group) is 1. The molecule has 0 aromatic heterocycles. The second-order valence-electron chi connectivity index (χ2n) is 5.89. The molecule has 20 heavy (non-hydrogen) atoms. The molecule has 0 radical (unpaired) electrons. The van der Waals surface area contributed by atoms with Crippen LogP contribution in [0.15, 0.2) is 4.99 Å². The lowest BCUT2D eigenvalue weighted by Crippen LogP contribution is -2.52. The highest BCUT2D eigenvalue weighted by Crippen LogP contribution is 2.04. The molecular formula is C15H33N5. The van der Waals surface area contributed by atoms with Gasteiger partial charge in [-0.1, -0.05) is 13.3 Å². The van der Waals surface area contributed by atoms with Gasteiger partial charge in [-0.3, -0.25) is 9.89 Å². The largest absolute Gasteiger partial charge is 0.355 e. The fourth-order valence-electron chi connectivity index (χ4n) is 2.52. The number of piperazine rings is 1. The Kier molecular flexibility index (Phi) is 7.92. The van der Waals surface area contributed by atoms with Gasteiger partial charge in [-0.25, -0.2) is 0 Å². The monoisotopic (exact) mass is 283 g/mol. The van der Waals surface area contributed by atoms with Crippen molar-refractivity contribution < 1.29 is 0 Å². The van der Waals surface area contributed by atoms with E-state index in [0.717, 1.165) is 19.0 Å². The smallest absolute Gasteiger partial charge is 0.193 e. The van der Waals surface area contributed by atoms with Gasteiger partial charge < -0.3 is 15.1 Å². The van der Waals surface area contributed by atoms with Gasteiger partial charge in [0.1, 0.15) is 0 Å². The predicted octanol–water partition coefficient (Wildman–Crippen LogP) is 0.930. The van der Waals surface area contributed by atoms with Crippen molar-refractivity contribution in [1.82, 2.24) is 20.0 Å². The molecule has 0 spiro atoms. The van der Waals surface area contributed by atoms with E-state index < -0.39 is 0 Å².